The first-order valence-corrected chi connectivity index (χ1v) is 16.2. The van der Waals surface area contributed by atoms with Crippen LogP contribution in [0.25, 0.3) is 0 Å². The maximum atomic E-state index is 6.37. The Morgan fingerprint density at radius 3 is 1.62 bits per heavy atom. The van der Waals surface area contributed by atoms with E-state index in [9.17, 15) is 0 Å². The predicted molar refractivity (Wildman–Crippen MR) is 68.4 cm³/mol. The van der Waals surface area contributed by atoms with E-state index < -0.39 is 3.90 Å². The monoisotopic (exact) mass is 372 g/mol. The number of hydrogen-bond acceptors (Lipinski definition) is 0. The fourth-order valence-electron chi connectivity index (χ4n) is 0.712. The van der Waals surface area contributed by atoms with Crippen LogP contribution in [0.4, 0.5) is 0 Å². The molecule has 0 spiro atoms. The fourth-order valence-corrected chi connectivity index (χ4v) is 21.1. The van der Waals surface area contributed by atoms with Crippen LogP contribution in [-0.4, -0.2) is 32.5 Å². The molecule has 0 amide bonds. The molecule has 0 unspecified atom stereocenters. The molecule has 5 heteroatoms. The van der Waals surface area contributed by atoms with Crippen LogP contribution in [0, 0.1) is 0 Å². The summed E-state index contributed by atoms with van der Waals surface area (Å²) in [6.45, 7) is 4.45. The minimum atomic E-state index is -1.71. The number of rotatable bonds is 8. The molecule has 0 radical (unpaired) electrons. The summed E-state index contributed by atoms with van der Waals surface area (Å²) in [6, 6.07) is 0. The molecule has 0 fully saturated rings. The molecule has 13 heavy (non-hydrogen) atoms. The van der Waals surface area contributed by atoms with Crippen LogP contribution in [-0.2, 0) is 0 Å². The van der Waals surface area contributed by atoms with Crippen molar-refractivity contribution in [3.8, 4) is 0 Å². The normalized spacial score (nSPS) is 12.0. The first-order chi connectivity index (χ1) is 6.12. The minimum absolute atomic E-state index is 0.569. The van der Waals surface area contributed by atoms with Gasteiger partial charge in [-0.25, -0.2) is 0 Å². The van der Waals surface area contributed by atoms with Gasteiger partial charge in [-0.15, -0.1) is 0 Å². The number of unbranched alkanes of at least 4 members (excludes halogenated alkanes) is 2. The van der Waals surface area contributed by atoms with Gasteiger partial charge in [-0.3, -0.25) is 0 Å². The molecule has 0 rings (SSSR count). The van der Waals surface area contributed by atoms with Gasteiger partial charge in [0.05, 0.1) is 0 Å². The Kier molecular flexibility index (Phi) is 10.4. The summed E-state index contributed by atoms with van der Waals surface area (Å²) in [5.41, 5.74) is 0. The Morgan fingerprint density at radius 2 is 1.31 bits per heavy atom. The Labute approximate surface area is 104 Å². The van der Waals surface area contributed by atoms with Crippen LogP contribution in [0.3, 0.4) is 0 Å². The van der Waals surface area contributed by atoms with Gasteiger partial charge in [-0.05, 0) is 0 Å². The van der Waals surface area contributed by atoms with Crippen molar-refractivity contribution >= 4 is 54.7 Å². The zero-order valence-corrected chi connectivity index (χ0v) is 14.3. The van der Waals surface area contributed by atoms with Gasteiger partial charge in [0.25, 0.3) is 0 Å². The SMILES string of the molecule is CCCC[Se][Si](Cl)(Cl)[Se]CCCC. The van der Waals surface area contributed by atoms with E-state index in [1.807, 2.05) is 0 Å². The summed E-state index contributed by atoms with van der Waals surface area (Å²) in [5, 5.41) is 2.60. The second kappa shape index (κ2) is 9.09. The van der Waals surface area contributed by atoms with Crippen LogP contribution >= 0.6 is 22.2 Å². The van der Waals surface area contributed by atoms with Gasteiger partial charge in [0.1, 0.15) is 0 Å². The average Bonchev–Trinajstić information content (AvgIpc) is 2.05. The molecule has 0 heterocycles. The summed E-state index contributed by atoms with van der Waals surface area (Å²) in [7, 11) is 0. The summed E-state index contributed by atoms with van der Waals surface area (Å²) in [5.74, 6) is 0. The second-order valence-electron chi connectivity index (χ2n) is 2.87. The van der Waals surface area contributed by atoms with E-state index in [4.69, 9.17) is 22.2 Å². The van der Waals surface area contributed by atoms with Gasteiger partial charge in [0.2, 0.25) is 0 Å². The third-order valence-electron chi connectivity index (χ3n) is 1.54. The van der Waals surface area contributed by atoms with Crippen molar-refractivity contribution < 1.29 is 0 Å². The Morgan fingerprint density at radius 1 is 0.923 bits per heavy atom. The number of halogens is 2. The first kappa shape index (κ1) is 14.8. The van der Waals surface area contributed by atoms with E-state index in [2.05, 4.69) is 13.8 Å². The zero-order valence-electron chi connectivity index (χ0n) is 8.32. The molecule has 0 aliphatic heterocycles. The molecular formula is C8H18Cl2Se2Si. The van der Waals surface area contributed by atoms with E-state index in [1.54, 1.807) is 0 Å². The molecule has 0 aromatic heterocycles. The van der Waals surface area contributed by atoms with E-state index >= 15 is 0 Å². The molecule has 0 atom stereocenters. The molecule has 0 saturated carbocycles. The van der Waals surface area contributed by atoms with E-state index in [1.165, 1.54) is 36.3 Å². The van der Waals surface area contributed by atoms with Crippen LogP contribution in [0.2, 0.25) is 10.6 Å². The summed E-state index contributed by atoms with van der Waals surface area (Å²) in [6.07, 6.45) is 5.19. The molecule has 0 aromatic carbocycles. The van der Waals surface area contributed by atoms with Gasteiger partial charge in [-0.1, -0.05) is 0 Å². The molecule has 0 aliphatic carbocycles. The Balaban J connectivity index is 3.42. The topological polar surface area (TPSA) is 0 Å². The number of hydrogen-bond donors (Lipinski definition) is 0. The summed E-state index contributed by atoms with van der Waals surface area (Å²) >= 11 is 13.9. The van der Waals surface area contributed by atoms with Crippen LogP contribution in [0.15, 0.2) is 0 Å². The van der Waals surface area contributed by atoms with E-state index in [-0.39, 0.29) is 0 Å². The van der Waals surface area contributed by atoms with Crippen molar-refractivity contribution in [2.75, 3.05) is 0 Å². The van der Waals surface area contributed by atoms with Crippen molar-refractivity contribution in [1.82, 2.24) is 0 Å². The van der Waals surface area contributed by atoms with Gasteiger partial charge in [0.15, 0.2) is 0 Å². The second-order valence-corrected chi connectivity index (χ2v) is 31.4. The molecule has 0 aliphatic rings. The zero-order chi connectivity index (χ0) is 10.2. The van der Waals surface area contributed by atoms with Gasteiger partial charge >= 0.3 is 105 Å². The molecule has 0 saturated heterocycles. The Bertz CT molecular complexity index is 111. The van der Waals surface area contributed by atoms with Crippen molar-refractivity contribution in [3.05, 3.63) is 0 Å². The first-order valence-electron chi connectivity index (χ1n) is 4.78. The quantitative estimate of drug-likeness (QED) is 0.347. The van der Waals surface area contributed by atoms with Gasteiger partial charge in [-0.2, -0.15) is 0 Å². The average molecular weight is 371 g/mol. The third-order valence-corrected chi connectivity index (χ3v) is 25.1. The van der Waals surface area contributed by atoms with Crippen LogP contribution in [0.5, 0.6) is 0 Å². The maximum absolute atomic E-state index is 6.37. The van der Waals surface area contributed by atoms with Crippen molar-refractivity contribution in [3.63, 3.8) is 0 Å². The summed E-state index contributed by atoms with van der Waals surface area (Å²) < 4.78 is -1.71. The molecule has 0 N–H and O–H groups in total. The fraction of sp³-hybridized carbons (Fsp3) is 1.00. The van der Waals surface area contributed by atoms with Crippen molar-refractivity contribution in [2.45, 2.75) is 50.2 Å². The summed E-state index contributed by atoms with van der Waals surface area (Å²) in [4.78, 5) is 0. The van der Waals surface area contributed by atoms with Crippen molar-refractivity contribution in [1.29, 1.82) is 0 Å². The van der Waals surface area contributed by atoms with Crippen molar-refractivity contribution in [2.24, 2.45) is 0 Å². The standard InChI is InChI=1S/C8H18Cl2Se2Si/c1-3-5-7-11-13(9,10)12-8-6-4-2/h3-8H2,1-2H3. The predicted octanol–water partition coefficient (Wildman–Crippen LogP) is 3.74. The molecular weight excluding hydrogens is 353 g/mol. The molecule has 80 valence electrons. The van der Waals surface area contributed by atoms with Gasteiger partial charge < -0.3 is 0 Å². The molecule has 0 nitrogen and oxygen atoms in total. The van der Waals surface area contributed by atoms with E-state index in [0.717, 1.165) is 0 Å². The molecule has 0 aromatic rings. The Hall–Kier alpha value is 1.84. The molecule has 0 bridgehead atoms. The van der Waals surface area contributed by atoms with Crippen LogP contribution < -0.4 is 0 Å². The van der Waals surface area contributed by atoms with Crippen LogP contribution in [0.1, 0.15) is 39.5 Å². The van der Waals surface area contributed by atoms with E-state index in [0.29, 0.717) is 28.6 Å². The van der Waals surface area contributed by atoms with Gasteiger partial charge in [0, 0.05) is 0 Å². The third kappa shape index (κ3) is 10.1.